The predicted molar refractivity (Wildman–Crippen MR) is 138 cm³/mol. The maximum atomic E-state index is 14.2. The van der Waals surface area contributed by atoms with Crippen molar-refractivity contribution in [3.8, 4) is 0 Å². The van der Waals surface area contributed by atoms with Crippen molar-refractivity contribution in [1.82, 2.24) is 15.5 Å². The Balaban J connectivity index is 3.60. The second kappa shape index (κ2) is 12.7. The third-order valence-corrected chi connectivity index (χ3v) is 5.74. The molecule has 2 N–H and O–H groups in total. The maximum absolute atomic E-state index is 14.2. The molecule has 1 aromatic rings. The van der Waals surface area contributed by atoms with Crippen LogP contribution in [0.5, 0.6) is 0 Å². The molecular weight excluding hydrogens is 462 g/mol. The van der Waals surface area contributed by atoms with E-state index in [2.05, 4.69) is 15.4 Å². The van der Waals surface area contributed by atoms with Crippen molar-refractivity contribution in [3.05, 3.63) is 35.4 Å². The minimum Gasteiger partial charge on any atom is -0.468 e. The lowest BCUT2D eigenvalue weighted by atomic mass is 9.90. The van der Waals surface area contributed by atoms with Crippen LogP contribution in [-0.2, 0) is 23.9 Å². The zero-order valence-corrected chi connectivity index (χ0v) is 23.4. The Morgan fingerprint density at radius 2 is 1.61 bits per heavy atom. The van der Waals surface area contributed by atoms with Crippen LogP contribution in [0.3, 0.4) is 0 Å². The summed E-state index contributed by atoms with van der Waals surface area (Å²) in [4.78, 5) is 53.6. The quantitative estimate of drug-likeness (QED) is 0.492. The fourth-order valence-corrected chi connectivity index (χ4v) is 3.73. The molecule has 0 spiro atoms. The number of carbonyl (C=O) groups is 4. The first kappa shape index (κ1) is 30.9. The number of hydrogen-bond acceptors (Lipinski definition) is 6. The largest absolute Gasteiger partial charge is 0.468 e. The van der Waals surface area contributed by atoms with Gasteiger partial charge in [-0.15, -0.1) is 0 Å². The minimum atomic E-state index is -1.06. The highest BCUT2D eigenvalue weighted by Crippen LogP contribution is 2.32. The Kier molecular flexibility index (Phi) is 10.9. The van der Waals surface area contributed by atoms with Crippen molar-refractivity contribution < 1.29 is 28.7 Å². The molecule has 0 aliphatic heterocycles. The Labute approximate surface area is 215 Å². The Morgan fingerprint density at radius 1 is 1.03 bits per heavy atom. The van der Waals surface area contributed by atoms with E-state index in [4.69, 9.17) is 4.74 Å². The summed E-state index contributed by atoms with van der Waals surface area (Å²) in [7, 11) is 1.23. The van der Waals surface area contributed by atoms with Crippen LogP contribution in [0, 0.1) is 12.8 Å². The van der Waals surface area contributed by atoms with Crippen LogP contribution in [0.15, 0.2) is 24.3 Å². The van der Waals surface area contributed by atoms with Crippen LogP contribution in [0.4, 0.5) is 4.79 Å². The summed E-state index contributed by atoms with van der Waals surface area (Å²) >= 11 is 0. The van der Waals surface area contributed by atoms with E-state index in [9.17, 15) is 19.2 Å². The molecular formula is C27H43N3O6. The zero-order chi connectivity index (χ0) is 27.8. The number of ether oxygens (including phenoxy) is 2. The number of aryl methyl sites for hydroxylation is 1. The first-order chi connectivity index (χ1) is 16.5. The van der Waals surface area contributed by atoms with Crippen molar-refractivity contribution in [3.63, 3.8) is 0 Å². The molecule has 0 saturated heterocycles. The van der Waals surface area contributed by atoms with Gasteiger partial charge in [-0.3, -0.25) is 14.4 Å². The van der Waals surface area contributed by atoms with Crippen LogP contribution in [0.25, 0.3) is 0 Å². The number of rotatable bonds is 9. The average Bonchev–Trinajstić information content (AvgIpc) is 2.76. The fourth-order valence-electron chi connectivity index (χ4n) is 3.73. The lowest BCUT2D eigenvalue weighted by molar-refractivity contribution is -0.150. The molecule has 0 fully saturated rings. The number of alkyl carbamates (subject to hydrolysis) is 1. The van der Waals surface area contributed by atoms with Gasteiger partial charge >= 0.3 is 12.1 Å². The number of nitrogens with zero attached hydrogens (tertiary/aromatic N) is 1. The Bertz CT molecular complexity index is 932. The van der Waals surface area contributed by atoms with Crippen LogP contribution in [-0.4, -0.2) is 59.6 Å². The number of esters is 1. The van der Waals surface area contributed by atoms with Crippen molar-refractivity contribution in [2.75, 3.05) is 13.7 Å². The van der Waals surface area contributed by atoms with Gasteiger partial charge in [0.1, 0.15) is 24.2 Å². The van der Waals surface area contributed by atoms with E-state index in [0.717, 1.165) is 5.56 Å². The van der Waals surface area contributed by atoms with E-state index < -0.39 is 47.1 Å². The molecule has 36 heavy (non-hydrogen) atoms. The number of amides is 3. The number of carbonyl (C=O) groups excluding carboxylic acids is 4. The zero-order valence-electron chi connectivity index (χ0n) is 23.4. The fraction of sp³-hybridized carbons (Fsp3) is 0.630. The molecule has 0 aliphatic rings. The SMILES string of the molecule is CCC(C)C(NC(=O)OC(C)(C)C)C(=O)N(C(C(=O)NCC(=O)OC)c1ccccc1C)C(C)(C)C. The van der Waals surface area contributed by atoms with Gasteiger partial charge in [-0.2, -0.15) is 0 Å². The van der Waals surface area contributed by atoms with Crippen LogP contribution in [0.1, 0.15) is 79.0 Å². The molecule has 9 heteroatoms. The number of hydrogen-bond donors (Lipinski definition) is 2. The van der Waals surface area contributed by atoms with Gasteiger partial charge in [0.15, 0.2) is 0 Å². The van der Waals surface area contributed by atoms with E-state index in [1.54, 1.807) is 32.9 Å². The standard InChI is InChI=1S/C27H43N3O6/c1-11-17(2)21(29-25(34)36-27(7,8)9)24(33)30(26(4,5)6)22(19-15-13-12-14-18(19)3)23(32)28-16-20(31)35-10/h12-15,17,21-22H,11,16H2,1-10H3,(H,28,32)(H,29,34). The molecule has 1 rings (SSSR count). The smallest absolute Gasteiger partial charge is 0.408 e. The van der Waals surface area contributed by atoms with Crippen molar-refractivity contribution in [1.29, 1.82) is 0 Å². The summed E-state index contributed by atoms with van der Waals surface area (Å²) < 4.78 is 10.1. The van der Waals surface area contributed by atoms with E-state index in [1.807, 2.05) is 53.7 Å². The normalized spacial score (nSPS) is 14.2. The number of nitrogens with one attached hydrogen (secondary N) is 2. The van der Waals surface area contributed by atoms with Crippen LogP contribution in [0.2, 0.25) is 0 Å². The van der Waals surface area contributed by atoms with Crippen LogP contribution >= 0.6 is 0 Å². The van der Waals surface area contributed by atoms with Crippen molar-refractivity contribution >= 4 is 23.9 Å². The molecule has 1 aromatic carbocycles. The van der Waals surface area contributed by atoms with E-state index >= 15 is 0 Å². The molecule has 0 bridgehead atoms. The lowest BCUT2D eigenvalue weighted by Gasteiger charge is -2.44. The maximum Gasteiger partial charge on any atom is 0.408 e. The first-order valence-corrected chi connectivity index (χ1v) is 12.3. The van der Waals surface area contributed by atoms with Gasteiger partial charge in [-0.1, -0.05) is 44.5 Å². The van der Waals surface area contributed by atoms with Gasteiger partial charge in [0.25, 0.3) is 0 Å². The molecule has 3 amide bonds. The second-order valence-corrected chi connectivity index (χ2v) is 10.9. The van der Waals surface area contributed by atoms with E-state index in [0.29, 0.717) is 12.0 Å². The second-order valence-electron chi connectivity index (χ2n) is 10.9. The average molecular weight is 506 g/mol. The summed E-state index contributed by atoms with van der Waals surface area (Å²) in [6.45, 7) is 16.0. The minimum absolute atomic E-state index is 0.245. The van der Waals surface area contributed by atoms with E-state index in [-0.39, 0.29) is 12.5 Å². The monoisotopic (exact) mass is 505 g/mol. The molecule has 202 valence electrons. The van der Waals surface area contributed by atoms with Gasteiger partial charge in [-0.25, -0.2) is 4.79 Å². The van der Waals surface area contributed by atoms with Gasteiger partial charge in [-0.05, 0) is 65.5 Å². The summed E-state index contributed by atoms with van der Waals surface area (Å²) in [6.07, 6.45) is -0.106. The molecule has 0 aliphatic carbocycles. The van der Waals surface area contributed by atoms with Crippen molar-refractivity contribution in [2.45, 2.75) is 92.0 Å². The molecule has 3 unspecified atom stereocenters. The highest BCUT2D eigenvalue weighted by atomic mass is 16.6. The summed E-state index contributed by atoms with van der Waals surface area (Å²) in [5.74, 6) is -1.81. The highest BCUT2D eigenvalue weighted by Gasteiger charge is 2.43. The van der Waals surface area contributed by atoms with Gasteiger partial charge in [0.05, 0.1) is 7.11 Å². The van der Waals surface area contributed by atoms with Gasteiger partial charge in [0.2, 0.25) is 11.8 Å². The molecule has 0 aromatic heterocycles. The molecule has 3 atom stereocenters. The molecule has 0 radical (unpaired) electrons. The Hall–Kier alpha value is -3.10. The summed E-state index contributed by atoms with van der Waals surface area (Å²) in [5, 5.41) is 5.34. The third kappa shape index (κ3) is 8.84. The number of methoxy groups -OCH3 is 1. The van der Waals surface area contributed by atoms with Gasteiger partial charge < -0.3 is 25.0 Å². The Morgan fingerprint density at radius 3 is 2.08 bits per heavy atom. The van der Waals surface area contributed by atoms with Gasteiger partial charge in [0, 0.05) is 5.54 Å². The first-order valence-electron chi connectivity index (χ1n) is 12.3. The van der Waals surface area contributed by atoms with Crippen LogP contribution < -0.4 is 10.6 Å². The van der Waals surface area contributed by atoms with Crippen molar-refractivity contribution in [2.24, 2.45) is 5.92 Å². The van der Waals surface area contributed by atoms with E-state index in [1.165, 1.54) is 12.0 Å². The topological polar surface area (TPSA) is 114 Å². The molecule has 0 saturated carbocycles. The number of benzene rings is 1. The highest BCUT2D eigenvalue weighted by molar-refractivity contribution is 5.94. The third-order valence-electron chi connectivity index (χ3n) is 5.74. The summed E-state index contributed by atoms with van der Waals surface area (Å²) in [6, 6.07) is 5.27. The summed E-state index contributed by atoms with van der Waals surface area (Å²) in [5.41, 5.74) is -0.149. The molecule has 9 nitrogen and oxygen atoms in total. The molecule has 0 heterocycles. The lowest BCUT2D eigenvalue weighted by Crippen LogP contribution is -2.60. The predicted octanol–water partition coefficient (Wildman–Crippen LogP) is 3.89.